The summed E-state index contributed by atoms with van der Waals surface area (Å²) in [7, 11) is 0. The molecule has 2 aliphatic rings. The van der Waals surface area contributed by atoms with Crippen LogP contribution in [0.5, 0.6) is 0 Å². The van der Waals surface area contributed by atoms with Crippen LogP contribution in [0.3, 0.4) is 0 Å². The summed E-state index contributed by atoms with van der Waals surface area (Å²) < 4.78 is 5.47. The number of hydrogen-bond donors (Lipinski definition) is 2. The Kier molecular flexibility index (Phi) is 10.4. The van der Waals surface area contributed by atoms with Gasteiger partial charge in [0.15, 0.2) is 0 Å². The second-order valence-electron chi connectivity index (χ2n) is 6.32. The van der Waals surface area contributed by atoms with E-state index in [2.05, 4.69) is 39.8 Å². The van der Waals surface area contributed by atoms with Crippen LogP contribution in [-0.2, 0) is 9.53 Å². The van der Waals surface area contributed by atoms with Gasteiger partial charge in [0, 0.05) is 19.6 Å². The van der Waals surface area contributed by atoms with Gasteiger partial charge in [-0.25, -0.2) is 0 Å². The summed E-state index contributed by atoms with van der Waals surface area (Å²) in [6.07, 6.45) is 3.25. The summed E-state index contributed by atoms with van der Waals surface area (Å²) in [5.74, 6) is 0.138. The summed E-state index contributed by atoms with van der Waals surface area (Å²) in [5, 5.41) is 6.48. The Morgan fingerprint density at radius 2 is 1.92 bits per heavy atom. The van der Waals surface area contributed by atoms with Crippen molar-refractivity contribution in [3.63, 3.8) is 0 Å². The van der Waals surface area contributed by atoms with E-state index >= 15 is 0 Å². The number of hydrogen-bond acceptors (Lipinski definition) is 4. The highest BCUT2D eigenvalue weighted by Crippen LogP contribution is 2.21. The largest absolute Gasteiger partial charge is 0.379 e. The molecule has 2 fully saturated rings. The third kappa shape index (κ3) is 6.42. The number of carbonyl (C=O) groups is 1. The third-order valence-electron chi connectivity index (χ3n) is 4.77. The van der Waals surface area contributed by atoms with Crippen molar-refractivity contribution in [1.29, 1.82) is 0 Å². The Labute approximate surface area is 162 Å². The first-order valence-corrected chi connectivity index (χ1v) is 8.72. The van der Waals surface area contributed by atoms with Gasteiger partial charge in [-0.2, -0.15) is 0 Å². The topological polar surface area (TPSA) is 53.6 Å². The molecule has 5 nitrogen and oxygen atoms in total. The molecule has 2 atom stereocenters. The number of piperidine rings is 1. The van der Waals surface area contributed by atoms with Gasteiger partial charge in [0.25, 0.3) is 0 Å². The molecule has 0 bridgehead atoms. The summed E-state index contributed by atoms with van der Waals surface area (Å²) >= 11 is 0. The first kappa shape index (κ1) is 22.2. The zero-order chi connectivity index (χ0) is 15.9. The number of carbonyl (C=O) groups excluding carboxylic acids is 1. The fourth-order valence-electron chi connectivity index (χ4n) is 3.42. The number of nitrogens with zero attached hydrogens (tertiary/aromatic N) is 1. The SMILES string of the molecule is Cl.Cl.O=C(NCC(c1ccccc1)N1CCOCC1)C1CCCCN1. The molecule has 0 aromatic heterocycles. The van der Waals surface area contributed by atoms with Gasteiger partial charge < -0.3 is 15.4 Å². The molecule has 2 unspecified atom stereocenters. The number of amides is 1. The summed E-state index contributed by atoms with van der Waals surface area (Å²) in [5.41, 5.74) is 1.26. The number of morpholine rings is 1. The predicted octanol–water partition coefficient (Wildman–Crippen LogP) is 2.16. The zero-order valence-corrected chi connectivity index (χ0v) is 16.1. The van der Waals surface area contributed by atoms with E-state index < -0.39 is 0 Å². The van der Waals surface area contributed by atoms with Crippen LogP contribution in [0, 0.1) is 0 Å². The highest BCUT2D eigenvalue weighted by Gasteiger charge is 2.25. The molecule has 0 aliphatic carbocycles. The summed E-state index contributed by atoms with van der Waals surface area (Å²) in [4.78, 5) is 14.8. The van der Waals surface area contributed by atoms with Crippen molar-refractivity contribution in [3.05, 3.63) is 35.9 Å². The molecule has 7 heteroatoms. The second-order valence-corrected chi connectivity index (χ2v) is 6.32. The van der Waals surface area contributed by atoms with Crippen LogP contribution in [0.1, 0.15) is 30.9 Å². The number of rotatable bonds is 5. The van der Waals surface area contributed by atoms with Gasteiger partial charge in [0.2, 0.25) is 5.91 Å². The Bertz CT molecular complexity index is 492. The molecule has 2 saturated heterocycles. The van der Waals surface area contributed by atoms with Gasteiger partial charge in [0.05, 0.1) is 25.3 Å². The molecule has 1 aromatic carbocycles. The fraction of sp³-hybridized carbons (Fsp3) is 0.611. The Hall–Kier alpha value is -0.850. The van der Waals surface area contributed by atoms with Gasteiger partial charge in [-0.15, -0.1) is 24.8 Å². The molecule has 2 aliphatic heterocycles. The lowest BCUT2D eigenvalue weighted by Gasteiger charge is -2.35. The fourth-order valence-corrected chi connectivity index (χ4v) is 3.42. The van der Waals surface area contributed by atoms with Crippen LogP contribution in [0.4, 0.5) is 0 Å². The van der Waals surface area contributed by atoms with Crippen molar-refractivity contribution in [2.24, 2.45) is 0 Å². The molecule has 25 heavy (non-hydrogen) atoms. The maximum Gasteiger partial charge on any atom is 0.237 e. The van der Waals surface area contributed by atoms with E-state index in [-0.39, 0.29) is 42.8 Å². The first-order chi connectivity index (χ1) is 11.3. The lowest BCUT2D eigenvalue weighted by Crippen LogP contribution is -2.49. The molecule has 0 saturated carbocycles. The van der Waals surface area contributed by atoms with Gasteiger partial charge in [0.1, 0.15) is 0 Å². The standard InChI is InChI=1S/C18H27N3O2.2ClH/c22-18(16-8-4-5-9-19-16)20-14-17(15-6-2-1-3-7-15)21-10-12-23-13-11-21;;/h1-3,6-7,16-17,19H,4-5,8-14H2,(H,20,22);2*1H. The average molecular weight is 390 g/mol. The lowest BCUT2D eigenvalue weighted by molar-refractivity contribution is -0.124. The van der Waals surface area contributed by atoms with Gasteiger partial charge in [-0.05, 0) is 24.9 Å². The number of nitrogens with one attached hydrogen (secondary N) is 2. The summed E-state index contributed by atoms with van der Waals surface area (Å²) in [6, 6.07) is 10.6. The van der Waals surface area contributed by atoms with Crippen LogP contribution in [0.25, 0.3) is 0 Å². The summed E-state index contributed by atoms with van der Waals surface area (Å²) in [6.45, 7) is 4.96. The molecule has 0 spiro atoms. The highest BCUT2D eigenvalue weighted by atomic mass is 35.5. The molecule has 1 aromatic rings. The van der Waals surface area contributed by atoms with E-state index in [0.717, 1.165) is 45.7 Å². The maximum atomic E-state index is 12.4. The molecular weight excluding hydrogens is 361 g/mol. The minimum absolute atomic E-state index is 0. The second kappa shape index (κ2) is 11.7. The predicted molar refractivity (Wildman–Crippen MR) is 105 cm³/mol. The van der Waals surface area contributed by atoms with Crippen molar-refractivity contribution < 1.29 is 9.53 Å². The Balaban J connectivity index is 0.00000156. The van der Waals surface area contributed by atoms with Crippen molar-refractivity contribution in [2.45, 2.75) is 31.3 Å². The highest BCUT2D eigenvalue weighted by molar-refractivity contribution is 5.85. The smallest absolute Gasteiger partial charge is 0.237 e. The molecule has 3 rings (SSSR count). The van der Waals surface area contributed by atoms with E-state index in [1.54, 1.807) is 0 Å². The van der Waals surface area contributed by atoms with Gasteiger partial charge in [-0.3, -0.25) is 9.69 Å². The lowest BCUT2D eigenvalue weighted by atomic mass is 10.0. The van der Waals surface area contributed by atoms with Crippen LogP contribution in [-0.4, -0.2) is 56.2 Å². The zero-order valence-electron chi connectivity index (χ0n) is 14.5. The van der Waals surface area contributed by atoms with Crippen LogP contribution in [0.2, 0.25) is 0 Å². The molecular formula is C18H29Cl2N3O2. The first-order valence-electron chi connectivity index (χ1n) is 8.72. The Morgan fingerprint density at radius 3 is 2.56 bits per heavy atom. The normalized spacial score (nSPS) is 22.2. The van der Waals surface area contributed by atoms with E-state index in [0.29, 0.717) is 6.54 Å². The Morgan fingerprint density at radius 1 is 1.20 bits per heavy atom. The van der Waals surface area contributed by atoms with E-state index in [9.17, 15) is 4.79 Å². The molecule has 142 valence electrons. The van der Waals surface area contributed by atoms with E-state index in [4.69, 9.17) is 4.74 Å². The molecule has 2 heterocycles. The third-order valence-corrected chi connectivity index (χ3v) is 4.77. The quantitative estimate of drug-likeness (QED) is 0.809. The van der Waals surface area contributed by atoms with E-state index in [1.807, 2.05) is 6.07 Å². The van der Waals surface area contributed by atoms with Crippen molar-refractivity contribution in [2.75, 3.05) is 39.4 Å². The van der Waals surface area contributed by atoms with Gasteiger partial charge in [-0.1, -0.05) is 36.8 Å². The molecule has 1 amide bonds. The molecule has 0 radical (unpaired) electrons. The van der Waals surface area contributed by atoms with Crippen molar-refractivity contribution >= 4 is 30.7 Å². The monoisotopic (exact) mass is 389 g/mol. The van der Waals surface area contributed by atoms with Crippen molar-refractivity contribution in [3.8, 4) is 0 Å². The average Bonchev–Trinajstić information content (AvgIpc) is 2.64. The minimum Gasteiger partial charge on any atom is -0.379 e. The van der Waals surface area contributed by atoms with Crippen LogP contribution < -0.4 is 10.6 Å². The van der Waals surface area contributed by atoms with Crippen LogP contribution >= 0.6 is 24.8 Å². The maximum absolute atomic E-state index is 12.4. The number of halogens is 2. The van der Waals surface area contributed by atoms with E-state index in [1.165, 1.54) is 12.0 Å². The van der Waals surface area contributed by atoms with Gasteiger partial charge >= 0.3 is 0 Å². The number of ether oxygens (including phenoxy) is 1. The number of benzene rings is 1. The van der Waals surface area contributed by atoms with Crippen molar-refractivity contribution in [1.82, 2.24) is 15.5 Å². The van der Waals surface area contributed by atoms with Crippen LogP contribution in [0.15, 0.2) is 30.3 Å². The minimum atomic E-state index is -0.0233. The molecule has 2 N–H and O–H groups in total.